The fourth-order valence-electron chi connectivity index (χ4n) is 3.99. The van der Waals surface area contributed by atoms with Gasteiger partial charge in [0.15, 0.2) is 18.9 Å². The van der Waals surface area contributed by atoms with Crippen LogP contribution in [-0.4, -0.2) is 156 Å². The maximum Gasteiger partial charge on any atom is 0.187 e. The largest absolute Gasteiger partial charge is 0.394 e. The number of aliphatic hydroxyl groups excluding tert-OH is 10. The van der Waals surface area contributed by atoms with E-state index in [2.05, 4.69) is 0 Å². The van der Waals surface area contributed by atoms with Gasteiger partial charge in [0.1, 0.15) is 67.1 Å². The van der Waals surface area contributed by atoms with Gasteiger partial charge < -0.3 is 74.7 Å². The first kappa shape index (κ1) is 27.0. The quantitative estimate of drug-likeness (QED) is 0.167. The first-order valence-corrected chi connectivity index (χ1v) is 10.4. The van der Waals surface area contributed by atoms with Crippen LogP contribution in [-0.2, 0) is 23.7 Å². The SMILES string of the molecule is C[C@@H]1OC(O[C@H]2[C@H](O[C@H]3O[C@H](CO)[C@@H](O)[C@H](O)[C@H]3O)[C@@H](O)[C@@H](O)O[C@@H]2CO)[C@H](O)[C@H](O)[C@H]1O. The molecule has 0 aromatic carbocycles. The molecule has 0 spiro atoms. The average Bonchev–Trinajstić information content (AvgIpc) is 2.80. The van der Waals surface area contributed by atoms with Crippen molar-refractivity contribution >= 4 is 0 Å². The van der Waals surface area contributed by atoms with E-state index in [-0.39, 0.29) is 0 Å². The summed E-state index contributed by atoms with van der Waals surface area (Å²) in [6.07, 6.45) is -24.1. The van der Waals surface area contributed by atoms with Gasteiger partial charge in [0, 0.05) is 0 Å². The maximum atomic E-state index is 10.5. The molecule has 33 heavy (non-hydrogen) atoms. The van der Waals surface area contributed by atoms with Crippen LogP contribution in [0.4, 0.5) is 0 Å². The highest BCUT2D eigenvalue weighted by Crippen LogP contribution is 2.32. The fourth-order valence-corrected chi connectivity index (χ4v) is 3.99. The first-order valence-electron chi connectivity index (χ1n) is 10.4. The van der Waals surface area contributed by atoms with Crippen LogP contribution < -0.4 is 0 Å². The summed E-state index contributed by atoms with van der Waals surface area (Å²) in [5.41, 5.74) is 0. The van der Waals surface area contributed by atoms with Crippen LogP contribution in [0.25, 0.3) is 0 Å². The average molecular weight is 488 g/mol. The molecule has 0 aliphatic carbocycles. The van der Waals surface area contributed by atoms with E-state index >= 15 is 0 Å². The molecule has 10 N–H and O–H groups in total. The van der Waals surface area contributed by atoms with E-state index in [9.17, 15) is 51.1 Å². The molecule has 3 aliphatic heterocycles. The summed E-state index contributed by atoms with van der Waals surface area (Å²) < 4.78 is 26.9. The monoisotopic (exact) mass is 488 g/mol. The second kappa shape index (κ2) is 11.0. The molecule has 15 heteroatoms. The minimum Gasteiger partial charge on any atom is -0.394 e. The summed E-state index contributed by atoms with van der Waals surface area (Å²) in [7, 11) is 0. The predicted octanol–water partition coefficient (Wildman–Crippen LogP) is -6.55. The van der Waals surface area contributed by atoms with Crippen LogP contribution in [0.15, 0.2) is 0 Å². The van der Waals surface area contributed by atoms with Gasteiger partial charge in [0.2, 0.25) is 0 Å². The molecule has 0 radical (unpaired) electrons. The van der Waals surface area contributed by atoms with Crippen molar-refractivity contribution in [3.05, 3.63) is 0 Å². The van der Waals surface area contributed by atoms with Crippen LogP contribution in [0, 0.1) is 0 Å². The third-order valence-electron chi connectivity index (χ3n) is 6.05. The van der Waals surface area contributed by atoms with Gasteiger partial charge >= 0.3 is 0 Å². The van der Waals surface area contributed by atoms with Crippen molar-refractivity contribution in [1.82, 2.24) is 0 Å². The molecule has 15 atom stereocenters. The molecule has 3 fully saturated rings. The van der Waals surface area contributed by atoms with Crippen LogP contribution >= 0.6 is 0 Å². The highest BCUT2D eigenvalue weighted by molar-refractivity contribution is 4.96. The Bertz CT molecular complexity index is 624. The summed E-state index contributed by atoms with van der Waals surface area (Å²) in [5.74, 6) is 0. The molecule has 0 aromatic rings. The Hall–Kier alpha value is -0.600. The molecule has 0 amide bonds. The van der Waals surface area contributed by atoms with Gasteiger partial charge in [-0.15, -0.1) is 0 Å². The number of aliphatic hydroxyl groups is 10. The second-order valence-electron chi connectivity index (χ2n) is 8.32. The molecule has 0 bridgehead atoms. The molecular weight excluding hydrogens is 456 g/mol. The molecule has 3 heterocycles. The lowest BCUT2D eigenvalue weighted by Gasteiger charge is -2.48. The number of ether oxygens (including phenoxy) is 5. The third-order valence-corrected chi connectivity index (χ3v) is 6.05. The molecule has 0 saturated carbocycles. The molecular formula is C18H32O15. The van der Waals surface area contributed by atoms with E-state index in [1.165, 1.54) is 6.92 Å². The lowest BCUT2D eigenvalue weighted by molar-refractivity contribution is -0.382. The van der Waals surface area contributed by atoms with Crippen molar-refractivity contribution in [2.45, 2.75) is 99.0 Å². The molecule has 194 valence electrons. The first-order chi connectivity index (χ1) is 15.5. The van der Waals surface area contributed by atoms with Gasteiger partial charge in [-0.05, 0) is 6.92 Å². The second-order valence-corrected chi connectivity index (χ2v) is 8.32. The standard InChI is InChI=1S/C18H32O15/c1-4-7(21)9(23)11(25)17(29-4)32-14-6(3-20)30-16(28)13(27)15(14)33-18-12(26)10(24)8(22)5(2-19)31-18/h4-28H,2-3H2,1H3/t4-,5+,6+,7-,8+,9+,10-,11+,12+,13+,14+,15+,16-,17?,18+/m0/s1. The van der Waals surface area contributed by atoms with Gasteiger partial charge in [0.25, 0.3) is 0 Å². The molecule has 15 nitrogen and oxygen atoms in total. The van der Waals surface area contributed by atoms with Crippen LogP contribution in [0.5, 0.6) is 0 Å². The third kappa shape index (κ3) is 5.32. The van der Waals surface area contributed by atoms with Gasteiger partial charge in [-0.1, -0.05) is 0 Å². The molecule has 3 saturated heterocycles. The van der Waals surface area contributed by atoms with E-state index in [0.717, 1.165) is 0 Å². The molecule has 3 aliphatic rings. The molecule has 3 rings (SSSR count). The predicted molar refractivity (Wildman–Crippen MR) is 99.8 cm³/mol. The van der Waals surface area contributed by atoms with Gasteiger partial charge in [-0.25, -0.2) is 0 Å². The lowest BCUT2D eigenvalue weighted by atomic mass is 9.96. The Kier molecular flexibility index (Phi) is 8.99. The zero-order chi connectivity index (χ0) is 24.6. The number of hydrogen-bond donors (Lipinski definition) is 10. The Balaban J connectivity index is 1.83. The maximum absolute atomic E-state index is 10.5. The highest BCUT2D eigenvalue weighted by Gasteiger charge is 2.53. The smallest absolute Gasteiger partial charge is 0.187 e. The Morgan fingerprint density at radius 1 is 0.545 bits per heavy atom. The summed E-state index contributed by atoms with van der Waals surface area (Å²) in [5, 5.41) is 99.8. The van der Waals surface area contributed by atoms with E-state index < -0.39 is 105 Å². The highest BCUT2D eigenvalue weighted by atomic mass is 16.8. The molecule has 0 aromatic heterocycles. The number of hydrogen-bond acceptors (Lipinski definition) is 15. The number of rotatable bonds is 6. The van der Waals surface area contributed by atoms with Crippen LogP contribution in [0.1, 0.15) is 6.92 Å². The topological polar surface area (TPSA) is 248 Å². The Morgan fingerprint density at radius 3 is 1.64 bits per heavy atom. The van der Waals surface area contributed by atoms with Gasteiger partial charge in [-0.2, -0.15) is 0 Å². The Labute approximate surface area is 187 Å². The van der Waals surface area contributed by atoms with Crippen molar-refractivity contribution in [2.75, 3.05) is 13.2 Å². The summed E-state index contributed by atoms with van der Waals surface area (Å²) in [4.78, 5) is 0. The lowest BCUT2D eigenvalue weighted by Crippen LogP contribution is -2.66. The van der Waals surface area contributed by atoms with Crippen molar-refractivity contribution in [3.63, 3.8) is 0 Å². The van der Waals surface area contributed by atoms with E-state index in [0.29, 0.717) is 0 Å². The normalized spacial score (nSPS) is 53.7. The van der Waals surface area contributed by atoms with E-state index in [4.69, 9.17) is 23.7 Å². The summed E-state index contributed by atoms with van der Waals surface area (Å²) in [6, 6.07) is 0. The van der Waals surface area contributed by atoms with Gasteiger partial charge in [0.05, 0.1) is 19.3 Å². The van der Waals surface area contributed by atoms with Crippen molar-refractivity contribution in [1.29, 1.82) is 0 Å². The van der Waals surface area contributed by atoms with Gasteiger partial charge in [-0.3, -0.25) is 0 Å². The van der Waals surface area contributed by atoms with Crippen molar-refractivity contribution < 1.29 is 74.7 Å². The van der Waals surface area contributed by atoms with E-state index in [1.54, 1.807) is 0 Å². The Morgan fingerprint density at radius 2 is 1.06 bits per heavy atom. The molecule has 1 unspecified atom stereocenters. The van der Waals surface area contributed by atoms with Crippen LogP contribution in [0.3, 0.4) is 0 Å². The minimum absolute atomic E-state index is 0.747. The van der Waals surface area contributed by atoms with Crippen LogP contribution in [0.2, 0.25) is 0 Å². The summed E-state index contributed by atoms with van der Waals surface area (Å²) in [6.45, 7) is -0.118. The fraction of sp³-hybridized carbons (Fsp3) is 1.00. The zero-order valence-electron chi connectivity index (χ0n) is 17.6. The zero-order valence-corrected chi connectivity index (χ0v) is 17.6. The van der Waals surface area contributed by atoms with E-state index in [1.807, 2.05) is 0 Å². The van der Waals surface area contributed by atoms with Crippen molar-refractivity contribution in [3.8, 4) is 0 Å². The summed E-state index contributed by atoms with van der Waals surface area (Å²) >= 11 is 0. The minimum atomic E-state index is -1.89. The van der Waals surface area contributed by atoms with Crippen molar-refractivity contribution in [2.24, 2.45) is 0 Å².